The predicted octanol–water partition coefficient (Wildman–Crippen LogP) is 9.78. The van der Waals surface area contributed by atoms with E-state index in [1.165, 1.54) is 22.5 Å². The van der Waals surface area contributed by atoms with Crippen LogP contribution in [-0.2, 0) is 5.54 Å². The molecule has 6 rings (SSSR count). The van der Waals surface area contributed by atoms with Gasteiger partial charge in [-0.1, -0.05) is 117 Å². The third kappa shape index (κ3) is 5.48. The fourth-order valence-corrected chi connectivity index (χ4v) is 6.27. The highest BCUT2D eigenvalue weighted by molar-refractivity contribution is 6.15. The van der Waals surface area contributed by atoms with E-state index < -0.39 is 5.54 Å². The first-order valence-electron chi connectivity index (χ1n) is 15.6. The number of aliphatic imine (C=N–C) groups is 1. The Balaban J connectivity index is 1.65. The molecule has 5 aromatic rings. The monoisotopic (exact) mass is 578 g/mol. The summed E-state index contributed by atoms with van der Waals surface area (Å²) in [5.74, 6) is 0. The molecule has 0 saturated heterocycles. The summed E-state index contributed by atoms with van der Waals surface area (Å²) in [7, 11) is 8.31. The normalized spacial score (nSPS) is 15.6. The molecule has 0 amide bonds. The summed E-state index contributed by atoms with van der Waals surface area (Å²) >= 11 is 0. The van der Waals surface area contributed by atoms with E-state index in [4.69, 9.17) is 4.99 Å². The molecular formula is C40H42N4. The first-order valence-corrected chi connectivity index (χ1v) is 15.6. The van der Waals surface area contributed by atoms with Crippen LogP contribution < -0.4 is 15.1 Å². The van der Waals surface area contributed by atoms with E-state index >= 15 is 0 Å². The molecule has 0 fully saturated rings. The highest BCUT2D eigenvalue weighted by atomic mass is 15.1. The number of nitrogens with zero attached hydrogens (tertiary/aromatic N) is 3. The third-order valence-corrected chi connectivity index (χ3v) is 8.75. The molecule has 4 nitrogen and oxygen atoms in total. The van der Waals surface area contributed by atoms with Crippen LogP contribution in [0.4, 0.5) is 22.7 Å². The molecule has 1 atom stereocenters. The van der Waals surface area contributed by atoms with Gasteiger partial charge in [0.1, 0.15) is 5.54 Å². The Morgan fingerprint density at radius 1 is 0.591 bits per heavy atom. The van der Waals surface area contributed by atoms with Crippen molar-refractivity contribution in [1.82, 2.24) is 0 Å². The van der Waals surface area contributed by atoms with Crippen LogP contribution in [0.25, 0.3) is 22.3 Å². The summed E-state index contributed by atoms with van der Waals surface area (Å²) in [5, 5.41) is 4.20. The summed E-state index contributed by atoms with van der Waals surface area (Å²) in [6.45, 7) is 2.27. The van der Waals surface area contributed by atoms with Gasteiger partial charge < -0.3 is 15.1 Å². The van der Waals surface area contributed by atoms with Crippen molar-refractivity contribution in [3.63, 3.8) is 0 Å². The molecule has 222 valence electrons. The molecule has 0 radical (unpaired) electrons. The van der Waals surface area contributed by atoms with Crippen molar-refractivity contribution in [1.29, 1.82) is 0 Å². The van der Waals surface area contributed by atoms with E-state index in [1.807, 2.05) is 0 Å². The molecule has 0 unspecified atom stereocenters. The minimum atomic E-state index is -0.489. The summed E-state index contributed by atoms with van der Waals surface area (Å²) in [5.41, 5.74) is 12.0. The van der Waals surface area contributed by atoms with Crippen molar-refractivity contribution in [3.8, 4) is 22.3 Å². The van der Waals surface area contributed by atoms with Gasteiger partial charge in [-0.15, -0.1) is 0 Å². The van der Waals surface area contributed by atoms with Crippen molar-refractivity contribution in [2.45, 2.75) is 31.7 Å². The van der Waals surface area contributed by atoms with Crippen LogP contribution in [0.3, 0.4) is 0 Å². The first kappa shape index (κ1) is 29.3. The van der Waals surface area contributed by atoms with Crippen molar-refractivity contribution in [3.05, 3.63) is 132 Å². The van der Waals surface area contributed by atoms with E-state index in [1.54, 1.807) is 0 Å². The zero-order valence-electron chi connectivity index (χ0n) is 26.5. The molecule has 1 N–H and O–H groups in total. The molecule has 0 aliphatic carbocycles. The minimum absolute atomic E-state index is 0.489. The maximum absolute atomic E-state index is 5.70. The number of unbranched alkanes of at least 4 members (excludes halogenated alkanes) is 1. The summed E-state index contributed by atoms with van der Waals surface area (Å²) in [6.07, 6.45) is 3.10. The molecule has 44 heavy (non-hydrogen) atoms. The van der Waals surface area contributed by atoms with Crippen molar-refractivity contribution in [2.24, 2.45) is 4.99 Å². The molecule has 0 aromatic heterocycles. The Bertz CT molecular complexity index is 1740. The van der Waals surface area contributed by atoms with Crippen LogP contribution in [0.1, 0.15) is 37.3 Å². The van der Waals surface area contributed by atoms with E-state index in [-0.39, 0.29) is 0 Å². The molecule has 1 heterocycles. The topological polar surface area (TPSA) is 30.9 Å². The highest BCUT2D eigenvalue weighted by Gasteiger charge is 2.42. The largest absolute Gasteiger partial charge is 0.378 e. The van der Waals surface area contributed by atoms with E-state index in [9.17, 15) is 0 Å². The number of rotatable bonds is 9. The SMILES string of the molecule is CCCC[C@@]1(c2ccccc2)Nc2c(-c3ccc(N(C)C)cc3)ccc(-c3ccc(N(C)C)cc3)c2N=C1c1ccccc1. The van der Waals surface area contributed by atoms with Crippen LogP contribution >= 0.6 is 0 Å². The number of hydrogen-bond acceptors (Lipinski definition) is 4. The van der Waals surface area contributed by atoms with Gasteiger partial charge in [0.15, 0.2) is 0 Å². The van der Waals surface area contributed by atoms with Crippen molar-refractivity contribution >= 4 is 28.5 Å². The Labute approximate surface area is 262 Å². The lowest BCUT2D eigenvalue weighted by molar-refractivity contribution is 0.552. The van der Waals surface area contributed by atoms with Crippen LogP contribution in [-0.4, -0.2) is 33.9 Å². The van der Waals surface area contributed by atoms with Crippen molar-refractivity contribution in [2.75, 3.05) is 43.3 Å². The maximum atomic E-state index is 5.70. The van der Waals surface area contributed by atoms with Gasteiger partial charge in [-0.3, -0.25) is 0 Å². The molecule has 5 aromatic carbocycles. The average Bonchev–Trinajstić information content (AvgIpc) is 3.07. The van der Waals surface area contributed by atoms with Gasteiger partial charge in [-0.2, -0.15) is 0 Å². The fraction of sp³-hybridized carbons (Fsp3) is 0.225. The molecule has 1 aliphatic heterocycles. The Hall–Kier alpha value is -4.83. The van der Waals surface area contributed by atoms with Crippen molar-refractivity contribution < 1.29 is 0 Å². The number of anilines is 3. The molecular weight excluding hydrogens is 536 g/mol. The fourth-order valence-electron chi connectivity index (χ4n) is 6.27. The average molecular weight is 579 g/mol. The Morgan fingerprint density at radius 3 is 1.66 bits per heavy atom. The molecule has 0 spiro atoms. The lowest BCUT2D eigenvalue weighted by Gasteiger charge is -2.42. The first-order chi connectivity index (χ1) is 21.4. The van der Waals surface area contributed by atoms with E-state index in [0.717, 1.165) is 58.6 Å². The second kappa shape index (κ2) is 12.4. The van der Waals surface area contributed by atoms with Gasteiger partial charge in [0.25, 0.3) is 0 Å². The third-order valence-electron chi connectivity index (χ3n) is 8.75. The smallest absolute Gasteiger partial charge is 0.106 e. The molecule has 1 aliphatic rings. The second-order valence-corrected chi connectivity index (χ2v) is 12.1. The lowest BCUT2D eigenvalue weighted by atomic mass is 9.76. The molecule has 0 bridgehead atoms. The zero-order chi connectivity index (χ0) is 30.7. The van der Waals surface area contributed by atoms with Gasteiger partial charge in [-0.25, -0.2) is 4.99 Å². The predicted molar refractivity (Wildman–Crippen MR) is 190 cm³/mol. The number of benzene rings is 5. The summed E-state index contributed by atoms with van der Waals surface area (Å²) in [4.78, 5) is 9.97. The van der Waals surface area contributed by atoms with Gasteiger partial charge in [-0.05, 0) is 52.9 Å². The zero-order valence-corrected chi connectivity index (χ0v) is 26.5. The number of nitrogens with one attached hydrogen (secondary N) is 1. The highest BCUT2D eigenvalue weighted by Crippen LogP contribution is 2.51. The number of fused-ring (bicyclic) bond motifs is 1. The molecule has 4 heteroatoms. The second-order valence-electron chi connectivity index (χ2n) is 12.1. The van der Waals surface area contributed by atoms with Gasteiger partial charge in [0, 0.05) is 50.7 Å². The quantitative estimate of drug-likeness (QED) is 0.189. The maximum Gasteiger partial charge on any atom is 0.106 e. The van der Waals surface area contributed by atoms with Crippen LogP contribution in [0.5, 0.6) is 0 Å². The lowest BCUT2D eigenvalue weighted by Crippen LogP contribution is -2.46. The summed E-state index contributed by atoms with van der Waals surface area (Å²) in [6, 6.07) is 43.8. The van der Waals surface area contributed by atoms with Gasteiger partial charge in [0.2, 0.25) is 0 Å². The Kier molecular flexibility index (Phi) is 8.25. The number of hydrogen-bond donors (Lipinski definition) is 1. The minimum Gasteiger partial charge on any atom is -0.378 e. The van der Waals surface area contributed by atoms with Gasteiger partial charge >= 0.3 is 0 Å². The van der Waals surface area contributed by atoms with E-state index in [0.29, 0.717) is 0 Å². The Morgan fingerprint density at radius 2 is 1.11 bits per heavy atom. The summed E-state index contributed by atoms with van der Waals surface area (Å²) < 4.78 is 0. The standard InChI is InChI=1S/C40H42N4/c1-6-7-28-40(32-16-12-9-13-17-32)39(31-14-10-8-11-15-31)41-37-35(29-18-22-33(23-19-29)43(2)3)26-27-36(38(37)42-40)30-20-24-34(25-21-30)44(4)5/h8-27,42H,6-7,28H2,1-5H3/t40-/m0/s1. The van der Waals surface area contributed by atoms with Crippen LogP contribution in [0, 0.1) is 0 Å². The molecule has 0 saturated carbocycles. The van der Waals surface area contributed by atoms with Crippen LogP contribution in [0.15, 0.2) is 126 Å². The van der Waals surface area contributed by atoms with Crippen LogP contribution in [0.2, 0.25) is 0 Å². The van der Waals surface area contributed by atoms with Gasteiger partial charge in [0.05, 0.1) is 17.1 Å². The van der Waals surface area contributed by atoms with E-state index in [2.05, 4.69) is 172 Å².